The molecule has 8 heteroatoms. The molecule has 1 aliphatic rings. The summed E-state index contributed by atoms with van der Waals surface area (Å²) in [5.41, 5.74) is -0.575. The maximum Gasteiger partial charge on any atom is 0.416 e. The topological polar surface area (TPSA) is 57.6 Å². The van der Waals surface area contributed by atoms with Crippen LogP contribution >= 0.6 is 0 Å². The van der Waals surface area contributed by atoms with Crippen LogP contribution < -0.4 is 0 Å². The van der Waals surface area contributed by atoms with Gasteiger partial charge in [0.15, 0.2) is 0 Å². The van der Waals surface area contributed by atoms with Crippen molar-refractivity contribution in [2.75, 3.05) is 12.3 Å². The number of rotatable bonds is 3. The normalized spacial score (nSPS) is 24.4. The van der Waals surface area contributed by atoms with Gasteiger partial charge < -0.3 is 5.11 Å². The van der Waals surface area contributed by atoms with Gasteiger partial charge in [-0.3, -0.25) is 0 Å². The Hall–Kier alpha value is -1.12. The van der Waals surface area contributed by atoms with Gasteiger partial charge in [0.2, 0.25) is 10.0 Å². The average Bonchev–Trinajstić information content (AvgIpc) is 2.81. The second-order valence-corrected chi connectivity index (χ2v) is 7.21. The predicted molar refractivity (Wildman–Crippen MR) is 71.0 cm³/mol. The minimum absolute atomic E-state index is 0.0862. The highest BCUT2D eigenvalue weighted by atomic mass is 32.2. The lowest BCUT2D eigenvalue weighted by Crippen LogP contribution is -2.33. The van der Waals surface area contributed by atoms with Crippen LogP contribution in [0.3, 0.4) is 0 Å². The summed E-state index contributed by atoms with van der Waals surface area (Å²) in [6.07, 6.45) is -5.26. The SMILES string of the molecule is CCS(=O)(=O)N1C[C@@H](O)C[C@H]1c1cccc(C(F)(F)F)c1. The Morgan fingerprint density at radius 3 is 2.62 bits per heavy atom. The number of hydrogen-bond donors (Lipinski definition) is 1. The van der Waals surface area contributed by atoms with Crippen LogP contribution in [0.2, 0.25) is 0 Å². The largest absolute Gasteiger partial charge is 0.416 e. The van der Waals surface area contributed by atoms with Crippen LogP contribution in [0.4, 0.5) is 13.2 Å². The average molecular weight is 323 g/mol. The van der Waals surface area contributed by atoms with E-state index in [0.717, 1.165) is 16.4 Å². The first-order chi connectivity index (χ1) is 9.65. The number of β-amino-alcohol motifs (C(OH)–C–C–N with tert-alkyl or cyclic N) is 1. The van der Waals surface area contributed by atoms with E-state index >= 15 is 0 Å². The van der Waals surface area contributed by atoms with Crippen molar-refractivity contribution in [2.24, 2.45) is 0 Å². The number of aliphatic hydroxyl groups is 1. The fourth-order valence-corrected chi connectivity index (χ4v) is 3.81. The third-order valence-electron chi connectivity index (χ3n) is 3.55. The Labute approximate surface area is 121 Å². The minimum atomic E-state index is -4.48. The van der Waals surface area contributed by atoms with Crippen molar-refractivity contribution in [1.82, 2.24) is 4.31 Å². The van der Waals surface area contributed by atoms with Gasteiger partial charge in [0, 0.05) is 6.54 Å². The zero-order valence-corrected chi connectivity index (χ0v) is 12.2. The molecule has 1 aromatic carbocycles. The molecule has 0 bridgehead atoms. The molecule has 4 nitrogen and oxygen atoms in total. The summed E-state index contributed by atoms with van der Waals surface area (Å²) in [4.78, 5) is 0. The quantitative estimate of drug-likeness (QED) is 0.927. The van der Waals surface area contributed by atoms with Crippen molar-refractivity contribution in [2.45, 2.75) is 31.7 Å². The Morgan fingerprint density at radius 1 is 1.38 bits per heavy atom. The highest BCUT2D eigenvalue weighted by Crippen LogP contribution is 2.37. The molecule has 1 aliphatic heterocycles. The van der Waals surface area contributed by atoms with Gasteiger partial charge in [-0.25, -0.2) is 8.42 Å². The lowest BCUT2D eigenvalue weighted by atomic mass is 10.0. The van der Waals surface area contributed by atoms with E-state index in [2.05, 4.69) is 0 Å². The van der Waals surface area contributed by atoms with Crippen molar-refractivity contribution in [3.63, 3.8) is 0 Å². The van der Waals surface area contributed by atoms with Gasteiger partial charge in [0.1, 0.15) is 0 Å². The van der Waals surface area contributed by atoms with Crippen molar-refractivity contribution in [3.05, 3.63) is 35.4 Å². The van der Waals surface area contributed by atoms with Crippen molar-refractivity contribution < 1.29 is 26.7 Å². The molecule has 1 saturated heterocycles. The van der Waals surface area contributed by atoms with E-state index in [1.165, 1.54) is 19.1 Å². The van der Waals surface area contributed by atoms with Crippen molar-refractivity contribution in [1.29, 1.82) is 0 Å². The molecule has 0 radical (unpaired) electrons. The van der Waals surface area contributed by atoms with E-state index in [4.69, 9.17) is 0 Å². The molecule has 0 spiro atoms. The van der Waals surface area contributed by atoms with E-state index in [0.29, 0.717) is 0 Å². The lowest BCUT2D eigenvalue weighted by molar-refractivity contribution is -0.137. The molecule has 0 amide bonds. The van der Waals surface area contributed by atoms with E-state index < -0.39 is 33.9 Å². The van der Waals surface area contributed by atoms with Gasteiger partial charge in [-0.2, -0.15) is 17.5 Å². The van der Waals surface area contributed by atoms with Gasteiger partial charge in [-0.1, -0.05) is 12.1 Å². The van der Waals surface area contributed by atoms with Crippen LogP contribution in [-0.4, -0.2) is 36.2 Å². The first kappa shape index (κ1) is 16.3. The summed E-state index contributed by atoms with van der Waals surface area (Å²) in [6, 6.07) is 3.83. The molecule has 0 unspecified atom stereocenters. The molecule has 0 saturated carbocycles. The number of halogens is 3. The monoisotopic (exact) mass is 323 g/mol. The summed E-state index contributed by atoms with van der Waals surface area (Å²) in [6.45, 7) is 1.38. The zero-order chi connectivity index (χ0) is 15.8. The smallest absolute Gasteiger partial charge is 0.392 e. The molecular formula is C13H16F3NO3S. The molecule has 1 heterocycles. The Bertz CT molecular complexity index is 615. The third kappa shape index (κ3) is 3.38. The van der Waals surface area contributed by atoms with Crippen LogP contribution in [0.15, 0.2) is 24.3 Å². The third-order valence-corrected chi connectivity index (χ3v) is 5.40. The number of alkyl halides is 3. The summed E-state index contributed by atoms with van der Waals surface area (Å²) < 4.78 is 63.3. The van der Waals surface area contributed by atoms with Gasteiger partial charge in [0.25, 0.3) is 0 Å². The summed E-state index contributed by atoms with van der Waals surface area (Å²) in [5.74, 6) is -0.158. The first-order valence-electron chi connectivity index (χ1n) is 6.50. The number of nitrogens with zero attached hydrogens (tertiary/aromatic N) is 1. The van der Waals surface area contributed by atoms with Crippen LogP contribution in [0.1, 0.15) is 30.5 Å². The number of benzene rings is 1. The van der Waals surface area contributed by atoms with Crippen LogP contribution in [-0.2, 0) is 16.2 Å². The van der Waals surface area contributed by atoms with Crippen LogP contribution in [0.25, 0.3) is 0 Å². The summed E-state index contributed by atoms with van der Waals surface area (Å²) in [5, 5.41) is 9.69. The van der Waals surface area contributed by atoms with E-state index in [1.54, 1.807) is 0 Å². The summed E-state index contributed by atoms with van der Waals surface area (Å²) >= 11 is 0. The van der Waals surface area contributed by atoms with E-state index in [-0.39, 0.29) is 24.3 Å². The van der Waals surface area contributed by atoms with Gasteiger partial charge >= 0.3 is 6.18 Å². The molecule has 118 valence electrons. The van der Waals surface area contributed by atoms with Gasteiger partial charge in [0.05, 0.1) is 23.5 Å². The van der Waals surface area contributed by atoms with Crippen LogP contribution in [0, 0.1) is 0 Å². The molecule has 0 aliphatic carbocycles. The highest BCUT2D eigenvalue weighted by Gasteiger charge is 2.39. The van der Waals surface area contributed by atoms with Crippen molar-refractivity contribution >= 4 is 10.0 Å². The Kier molecular flexibility index (Phi) is 4.32. The standard InChI is InChI=1S/C13H16F3NO3S/c1-2-21(19,20)17-8-11(18)7-12(17)9-4-3-5-10(6-9)13(14,15)16/h3-6,11-12,18H,2,7-8H2,1H3/t11-,12-/m0/s1. The lowest BCUT2D eigenvalue weighted by Gasteiger charge is -2.24. The maximum atomic E-state index is 12.7. The van der Waals surface area contributed by atoms with E-state index in [1.807, 2.05) is 0 Å². The second kappa shape index (κ2) is 5.58. The molecule has 1 aromatic rings. The summed E-state index contributed by atoms with van der Waals surface area (Å²) in [7, 11) is -3.58. The number of sulfonamides is 1. The molecule has 1 N–H and O–H groups in total. The fourth-order valence-electron chi connectivity index (χ4n) is 2.48. The van der Waals surface area contributed by atoms with Gasteiger partial charge in [-0.05, 0) is 31.0 Å². The molecule has 2 atom stereocenters. The molecule has 2 rings (SSSR count). The maximum absolute atomic E-state index is 12.7. The Balaban J connectivity index is 2.40. The second-order valence-electron chi connectivity index (χ2n) is 5.00. The first-order valence-corrected chi connectivity index (χ1v) is 8.11. The van der Waals surface area contributed by atoms with Crippen molar-refractivity contribution in [3.8, 4) is 0 Å². The molecular weight excluding hydrogens is 307 g/mol. The van der Waals surface area contributed by atoms with E-state index in [9.17, 15) is 26.7 Å². The number of aliphatic hydroxyl groups excluding tert-OH is 1. The highest BCUT2D eigenvalue weighted by molar-refractivity contribution is 7.89. The predicted octanol–water partition coefficient (Wildman–Crippen LogP) is 2.16. The number of hydrogen-bond acceptors (Lipinski definition) is 3. The molecule has 1 fully saturated rings. The van der Waals surface area contributed by atoms with Crippen LogP contribution in [0.5, 0.6) is 0 Å². The van der Waals surface area contributed by atoms with Gasteiger partial charge in [-0.15, -0.1) is 0 Å². The Morgan fingerprint density at radius 2 is 2.05 bits per heavy atom. The molecule has 0 aromatic heterocycles. The molecule has 21 heavy (non-hydrogen) atoms. The zero-order valence-electron chi connectivity index (χ0n) is 11.3. The fraction of sp³-hybridized carbons (Fsp3) is 0.538. The minimum Gasteiger partial charge on any atom is -0.392 e.